The van der Waals surface area contributed by atoms with Crippen LogP contribution < -0.4 is 20.7 Å². The lowest BCUT2D eigenvalue weighted by Gasteiger charge is -2.69. The molecule has 2 saturated heterocycles. The first kappa shape index (κ1) is 68.1. The van der Waals surface area contributed by atoms with Crippen molar-refractivity contribution in [2.24, 2.45) is 45.3 Å². The summed E-state index contributed by atoms with van der Waals surface area (Å²) in [4.78, 5) is 49.4. The summed E-state index contributed by atoms with van der Waals surface area (Å²) < 4.78 is 60.1. The smallest absolute Gasteiger partial charge is 0.349 e. The molecule has 8 heterocycles. The number of ether oxygens (including phenoxy) is 3. The van der Waals surface area contributed by atoms with Crippen molar-refractivity contribution in [1.82, 2.24) is 9.97 Å². The maximum absolute atomic E-state index is 13.9. The highest BCUT2D eigenvalue weighted by atomic mass is 28.4. The van der Waals surface area contributed by atoms with Crippen LogP contribution in [0.2, 0.25) is 20.2 Å². The van der Waals surface area contributed by atoms with E-state index >= 15 is 0 Å². The van der Waals surface area contributed by atoms with Crippen molar-refractivity contribution < 1.29 is 60.9 Å². The summed E-state index contributed by atoms with van der Waals surface area (Å²) in [6, 6.07) is 18.8. The van der Waals surface area contributed by atoms with Crippen LogP contribution in [0.25, 0.3) is 22.6 Å². The van der Waals surface area contributed by atoms with E-state index in [0.29, 0.717) is 60.5 Å². The number of pyridine rings is 2. The SMILES string of the molecule is CC(C)(C)[Si]1(C(C)(C)C)OC[C@@]2(C)C3C[C@H](O)[C@@]4(C)Oc5cc(-c6cccnc6)oc(=O)c5[C@H](O)C4[C@@]3(C)CC[C@@H]2O1.CC(C)(C)[Si]1(C(C)(C)C)OC[C@@]2(C)C3C[C@H](OC(=O)c4ccc(C#N)cc4)[C@@]4(C)Oc5cc(-c6cccnc6)oc(=O)c5[C@H](O)C4[C@@]3(C)CC[C@@H]2O1. The number of nitrogens with zero attached hydrogens (tertiary/aromatic N) is 3. The van der Waals surface area contributed by atoms with E-state index in [4.69, 9.17) is 40.7 Å². The van der Waals surface area contributed by atoms with Gasteiger partial charge in [0.2, 0.25) is 0 Å². The molecule has 94 heavy (non-hydrogen) atoms. The second-order valence-electron chi connectivity index (χ2n) is 34.1. The Hall–Kier alpha value is -5.87. The molecule has 20 heteroatoms. The lowest BCUT2D eigenvalue weighted by Crippen LogP contribution is -2.74. The molecule has 3 N–H and O–H groups in total. The Morgan fingerprint density at radius 3 is 1.41 bits per heavy atom. The fourth-order valence-corrected chi connectivity index (χ4v) is 30.7. The van der Waals surface area contributed by atoms with Gasteiger partial charge >= 0.3 is 34.3 Å². The molecule has 1 aromatic carbocycles. The summed E-state index contributed by atoms with van der Waals surface area (Å²) in [6.45, 7) is 40.2. The van der Waals surface area contributed by atoms with E-state index in [1.165, 1.54) is 0 Å². The van der Waals surface area contributed by atoms with Gasteiger partial charge in [-0.2, -0.15) is 5.26 Å². The van der Waals surface area contributed by atoms with Gasteiger partial charge in [-0.15, -0.1) is 0 Å². The molecule has 4 aromatic heterocycles. The molecule has 13 rings (SSSR count). The third kappa shape index (κ3) is 10.1. The number of aliphatic hydroxyl groups excluding tert-OH is 3. The highest BCUT2D eigenvalue weighted by Gasteiger charge is 2.75. The van der Waals surface area contributed by atoms with E-state index in [1.807, 2.05) is 13.8 Å². The lowest BCUT2D eigenvalue weighted by molar-refractivity contribution is -0.271. The van der Waals surface area contributed by atoms with Crippen molar-refractivity contribution in [3.05, 3.63) is 129 Å². The third-order valence-electron chi connectivity index (χ3n) is 24.3. The van der Waals surface area contributed by atoms with Crippen LogP contribution in [-0.4, -0.2) is 97.2 Å². The number of aliphatic hydroxyl groups is 3. The normalized spacial score (nSPS) is 36.1. The van der Waals surface area contributed by atoms with Gasteiger partial charge in [-0.3, -0.25) is 9.97 Å². The number of esters is 1. The van der Waals surface area contributed by atoms with Gasteiger partial charge in [-0.1, -0.05) is 111 Å². The number of carbonyl (C=O) groups excluding carboxylic acids is 1. The molecule has 6 fully saturated rings. The first-order valence-corrected chi connectivity index (χ1v) is 37.3. The second kappa shape index (κ2) is 22.6. The number of carbonyl (C=O) groups is 1. The number of rotatable bonds is 4. The summed E-state index contributed by atoms with van der Waals surface area (Å²) in [6.07, 6.45) is 6.12. The van der Waals surface area contributed by atoms with Crippen LogP contribution in [0.1, 0.15) is 202 Å². The molecule has 4 aliphatic heterocycles. The van der Waals surface area contributed by atoms with Crippen LogP contribution in [0.5, 0.6) is 11.5 Å². The van der Waals surface area contributed by atoms with Gasteiger partial charge in [-0.05, 0) is 124 Å². The maximum Gasteiger partial charge on any atom is 0.349 e. The highest BCUT2D eigenvalue weighted by molar-refractivity contribution is 6.74. The number of hydrogen-bond acceptors (Lipinski definition) is 18. The van der Waals surface area contributed by atoms with Gasteiger partial charge in [0.15, 0.2) is 0 Å². The Morgan fingerprint density at radius 1 is 0.596 bits per heavy atom. The number of fused-ring (bicyclic) bond motifs is 12. The molecule has 0 bridgehead atoms. The van der Waals surface area contributed by atoms with Crippen LogP contribution in [0.4, 0.5) is 0 Å². The van der Waals surface area contributed by atoms with Gasteiger partial charge in [0, 0.05) is 104 Å². The number of hydrogen-bond donors (Lipinski definition) is 3. The highest BCUT2D eigenvalue weighted by Crippen LogP contribution is 2.72. The van der Waals surface area contributed by atoms with E-state index in [1.54, 1.807) is 85.5 Å². The van der Waals surface area contributed by atoms with Crippen LogP contribution in [0, 0.1) is 56.7 Å². The fraction of sp³-hybridized carbons (Fsp3) is 0.622. The van der Waals surface area contributed by atoms with Crippen molar-refractivity contribution in [1.29, 1.82) is 5.26 Å². The molecule has 0 amide bonds. The fourth-order valence-electron chi connectivity index (χ4n) is 20.3. The average Bonchev–Trinajstić information content (AvgIpc) is 0.685. The van der Waals surface area contributed by atoms with Crippen molar-refractivity contribution in [3.8, 4) is 40.2 Å². The predicted molar refractivity (Wildman–Crippen MR) is 357 cm³/mol. The molecule has 4 aliphatic carbocycles. The lowest BCUT2D eigenvalue weighted by atomic mass is 9.42. The first-order chi connectivity index (χ1) is 43.7. The van der Waals surface area contributed by atoms with E-state index in [0.717, 1.165) is 19.3 Å². The summed E-state index contributed by atoms with van der Waals surface area (Å²) in [5.74, 6) is -0.918. The average molecular weight is 1320 g/mol. The Bertz CT molecular complexity index is 3880. The molecule has 506 valence electrons. The summed E-state index contributed by atoms with van der Waals surface area (Å²) in [5.41, 5.74) is -3.45. The summed E-state index contributed by atoms with van der Waals surface area (Å²) in [7, 11) is -5.49. The number of nitriles is 1. The molecular weight excluding hydrogens is 1230 g/mol. The quantitative estimate of drug-likeness (QED) is 0.112. The van der Waals surface area contributed by atoms with Crippen molar-refractivity contribution in [3.63, 3.8) is 0 Å². The predicted octanol–water partition coefficient (Wildman–Crippen LogP) is 14.0. The van der Waals surface area contributed by atoms with E-state index in [9.17, 15) is 35.0 Å². The zero-order valence-electron chi connectivity index (χ0n) is 58.1. The van der Waals surface area contributed by atoms with E-state index in [2.05, 4.69) is 127 Å². The van der Waals surface area contributed by atoms with E-state index in [-0.39, 0.29) is 78.0 Å². The van der Waals surface area contributed by atoms with Crippen LogP contribution in [0.3, 0.4) is 0 Å². The standard InChI is InChI=1S/C41H50N2O8Si.C33H47NO7Si/c1-37(2,3)52(38(4,5)6)47-23-40(8)29-20-31(49-35(45)25-14-12-24(21-42)13-15-25)41(9)34(39(29,7)17-16-30(40)51-52)33(44)32-28(50-41)19-27(48-36(32)46)26-11-10-18-43-22-26;1-29(2,3)42(30(4,5)6)38-18-32(8)22-16-23(35)33(9)27(31(22,7)13-12-24(32)41-42)26(36)25-21(40-33)15-20(39-28(25)37)19-11-10-14-34-17-19/h10-15,18-19,22,29-31,33-34,44H,16-17,20,23H2,1-9H3;10-11,14-15,17,22-24,26-27,35-36H,12-13,16,18H2,1-9H3/t29?,30-,31-,33-,34?,39-,40-,41+;22?,23-,24-,26-,27?,31-,32-,33+/m00/s1. The number of benzene rings is 1. The second-order valence-corrected chi connectivity index (χ2v) is 43.6. The van der Waals surface area contributed by atoms with Crippen molar-refractivity contribution >= 4 is 23.1 Å². The zero-order chi connectivity index (χ0) is 68.3. The molecule has 0 radical (unpaired) electrons. The third-order valence-corrected chi connectivity index (χ3v) is 34.6. The van der Waals surface area contributed by atoms with Crippen molar-refractivity contribution in [2.45, 2.75) is 231 Å². The topological polar surface area (TPSA) is 252 Å². The molecule has 4 saturated carbocycles. The molecule has 0 spiro atoms. The Balaban J connectivity index is 0.000000185. The van der Waals surface area contributed by atoms with Gasteiger partial charge in [-0.25, -0.2) is 14.4 Å². The minimum absolute atomic E-state index is 0.0213. The molecule has 4 unspecified atom stereocenters. The minimum atomic E-state index is -2.81. The minimum Gasteiger partial charge on any atom is -0.484 e. The largest absolute Gasteiger partial charge is 0.484 e. The first-order valence-electron chi connectivity index (χ1n) is 33.6. The van der Waals surface area contributed by atoms with Gasteiger partial charge in [0.1, 0.15) is 51.5 Å². The van der Waals surface area contributed by atoms with E-state index < -0.39 is 98.0 Å². The van der Waals surface area contributed by atoms with Crippen LogP contribution >= 0.6 is 0 Å². The summed E-state index contributed by atoms with van der Waals surface area (Å²) in [5, 5.41) is 45.1. The van der Waals surface area contributed by atoms with Crippen LogP contribution in [0.15, 0.2) is 104 Å². The summed E-state index contributed by atoms with van der Waals surface area (Å²) >= 11 is 0. The molecule has 16 atom stereocenters. The van der Waals surface area contributed by atoms with Gasteiger partial charge in [0.25, 0.3) is 0 Å². The van der Waals surface area contributed by atoms with Gasteiger partial charge < -0.3 is 56.1 Å². The molecule has 8 aliphatic rings. The van der Waals surface area contributed by atoms with Crippen LogP contribution in [-0.2, 0) is 22.4 Å². The molecule has 18 nitrogen and oxygen atoms in total. The molecule has 5 aromatic rings. The Morgan fingerprint density at radius 2 is 1.01 bits per heavy atom. The van der Waals surface area contributed by atoms with Gasteiger partial charge in [0.05, 0.1) is 47.7 Å². The van der Waals surface area contributed by atoms with Crippen molar-refractivity contribution in [2.75, 3.05) is 13.2 Å². The Kier molecular flexibility index (Phi) is 16.4. The zero-order valence-corrected chi connectivity index (χ0v) is 60.1. The molecular formula is C74H97N3O15Si2. The number of aromatic nitrogens is 2. The Labute approximate surface area is 554 Å². The maximum atomic E-state index is 13.9. The monoisotopic (exact) mass is 1320 g/mol.